The first-order valence-corrected chi connectivity index (χ1v) is 16.8. The minimum absolute atomic E-state index is 0.00504. The quantitative estimate of drug-likeness (QED) is 0.121. The lowest BCUT2D eigenvalue weighted by atomic mass is 9.59. The Morgan fingerprint density at radius 3 is 2.75 bits per heavy atom. The van der Waals surface area contributed by atoms with Crippen LogP contribution in [0.3, 0.4) is 0 Å². The molecule has 0 bridgehead atoms. The number of anilines is 1. The van der Waals surface area contributed by atoms with Crippen LogP contribution >= 0.6 is 0 Å². The van der Waals surface area contributed by atoms with Gasteiger partial charge in [-0.1, -0.05) is 24.6 Å². The number of hydrogen-bond acceptors (Lipinski definition) is 9. The van der Waals surface area contributed by atoms with Crippen LogP contribution in [0.4, 0.5) is 5.82 Å². The SMILES string of the molecule is COc1cc(CCC(=O)C(C(O)CCc2ccc(O)c3c2CCCO3)C2(c3ccnc(N)c3)CCCC2Cc2ccc[n-]2)cc(O)c1O. The summed E-state index contributed by atoms with van der Waals surface area (Å²) in [6, 6.07) is 14.3. The second-order valence-electron chi connectivity index (χ2n) is 13.2. The van der Waals surface area contributed by atoms with Crippen molar-refractivity contribution in [1.82, 2.24) is 9.97 Å². The van der Waals surface area contributed by atoms with E-state index in [4.69, 9.17) is 15.2 Å². The number of nitrogen functional groups attached to an aromatic ring is 1. The summed E-state index contributed by atoms with van der Waals surface area (Å²) in [4.78, 5) is 23.6. The molecule has 48 heavy (non-hydrogen) atoms. The maximum absolute atomic E-state index is 14.7. The number of ketones is 1. The van der Waals surface area contributed by atoms with Gasteiger partial charge in [0.05, 0.1) is 25.7 Å². The maximum atomic E-state index is 14.7. The first-order valence-electron chi connectivity index (χ1n) is 16.8. The Hall–Kier alpha value is -4.70. The standard InChI is InChI=1S/C38H44N3O7/c1-47-33-20-23(19-32(45)36(33)46)8-11-29(42)35(30(43)12-9-24-10-13-31(44)37-28(24)7-4-18-48-37)38(26-14-17-41-34(39)22-26)15-2-5-25(38)21-27-6-3-16-40-27/h3,6,10,13-14,16-17,19-20,22,25,30,35,43-46H,2,4-5,7-9,11-12,15,18,21H2,1H3,(H2,39,41)/q-1. The summed E-state index contributed by atoms with van der Waals surface area (Å²) >= 11 is 0. The largest absolute Gasteiger partial charge is 0.668 e. The van der Waals surface area contributed by atoms with Crippen LogP contribution in [0.25, 0.3) is 0 Å². The molecule has 1 fully saturated rings. The topological polar surface area (TPSA) is 169 Å². The van der Waals surface area contributed by atoms with Gasteiger partial charge in [0, 0.05) is 23.6 Å². The van der Waals surface area contributed by atoms with Crippen molar-refractivity contribution in [2.45, 2.75) is 75.7 Å². The monoisotopic (exact) mass is 654 g/mol. The number of phenols is 3. The summed E-state index contributed by atoms with van der Waals surface area (Å²) in [6.07, 6.45) is 8.33. The average Bonchev–Trinajstić information content (AvgIpc) is 3.76. The van der Waals surface area contributed by atoms with E-state index in [9.17, 15) is 25.2 Å². The van der Waals surface area contributed by atoms with Crippen molar-refractivity contribution >= 4 is 11.6 Å². The van der Waals surface area contributed by atoms with Crippen molar-refractivity contribution in [3.8, 4) is 28.7 Å². The van der Waals surface area contributed by atoms with Gasteiger partial charge in [-0.3, -0.25) is 4.79 Å². The number of hydrogen-bond donors (Lipinski definition) is 5. The second kappa shape index (κ2) is 14.2. The minimum atomic E-state index is -1.00. The fourth-order valence-corrected chi connectivity index (χ4v) is 8.24. The van der Waals surface area contributed by atoms with E-state index in [0.717, 1.165) is 48.1 Å². The molecular weight excluding hydrogens is 610 g/mol. The van der Waals surface area contributed by atoms with Gasteiger partial charge in [-0.2, -0.15) is 11.9 Å². The lowest BCUT2D eigenvalue weighted by molar-refractivity contribution is -0.131. The Morgan fingerprint density at radius 2 is 1.98 bits per heavy atom. The molecule has 4 atom stereocenters. The zero-order valence-electron chi connectivity index (χ0n) is 27.3. The van der Waals surface area contributed by atoms with Crippen molar-refractivity contribution in [2.75, 3.05) is 19.5 Å². The number of ether oxygens (including phenoxy) is 2. The maximum Gasteiger partial charge on any atom is 0.200 e. The van der Waals surface area contributed by atoms with E-state index in [1.807, 2.05) is 30.3 Å². The van der Waals surface area contributed by atoms with Crippen LogP contribution in [0.1, 0.15) is 66.5 Å². The van der Waals surface area contributed by atoms with Gasteiger partial charge in [0.25, 0.3) is 0 Å². The van der Waals surface area contributed by atoms with Crippen molar-refractivity contribution in [2.24, 2.45) is 11.8 Å². The first-order chi connectivity index (χ1) is 23.2. The molecule has 1 aliphatic carbocycles. The zero-order valence-corrected chi connectivity index (χ0v) is 27.3. The van der Waals surface area contributed by atoms with E-state index in [1.54, 1.807) is 24.5 Å². The average molecular weight is 655 g/mol. The summed E-state index contributed by atoms with van der Waals surface area (Å²) in [5.41, 5.74) is 9.93. The molecule has 2 aromatic carbocycles. The summed E-state index contributed by atoms with van der Waals surface area (Å²) < 4.78 is 11.0. The van der Waals surface area contributed by atoms with Crippen LogP contribution in [-0.2, 0) is 35.9 Å². The molecule has 10 nitrogen and oxygen atoms in total. The van der Waals surface area contributed by atoms with Crippen LogP contribution in [-0.4, -0.2) is 51.0 Å². The number of aromatic nitrogens is 2. The van der Waals surface area contributed by atoms with Gasteiger partial charge in [-0.05, 0) is 104 Å². The zero-order chi connectivity index (χ0) is 33.8. The molecule has 254 valence electrons. The number of methoxy groups -OCH3 is 1. The summed E-state index contributed by atoms with van der Waals surface area (Å²) in [6.45, 7) is 0.547. The Morgan fingerprint density at radius 1 is 1.12 bits per heavy atom. The molecule has 2 aliphatic rings. The number of aliphatic hydroxyl groups is 1. The number of aliphatic hydroxyl groups excluding tert-OH is 1. The van der Waals surface area contributed by atoms with Gasteiger partial charge >= 0.3 is 0 Å². The first kappa shape index (κ1) is 33.2. The van der Waals surface area contributed by atoms with E-state index in [0.29, 0.717) is 49.4 Å². The highest BCUT2D eigenvalue weighted by atomic mass is 16.5. The fourth-order valence-electron chi connectivity index (χ4n) is 8.24. The van der Waals surface area contributed by atoms with Crippen LogP contribution in [0.2, 0.25) is 0 Å². The molecule has 4 aromatic rings. The van der Waals surface area contributed by atoms with Gasteiger partial charge < -0.3 is 40.6 Å². The van der Waals surface area contributed by atoms with E-state index in [2.05, 4.69) is 9.97 Å². The number of phenolic OH excluding ortho intramolecular Hbond substituents is 3. The molecule has 0 saturated heterocycles. The van der Waals surface area contributed by atoms with Gasteiger partial charge in [0.1, 0.15) is 11.6 Å². The third-order valence-corrected chi connectivity index (χ3v) is 10.4. The number of aryl methyl sites for hydroxylation is 2. The van der Waals surface area contributed by atoms with Crippen molar-refractivity contribution in [1.29, 1.82) is 0 Å². The predicted molar refractivity (Wildman–Crippen MR) is 181 cm³/mol. The lowest BCUT2D eigenvalue weighted by Gasteiger charge is -2.45. The number of rotatable bonds is 13. The van der Waals surface area contributed by atoms with E-state index >= 15 is 0 Å². The predicted octanol–water partition coefficient (Wildman–Crippen LogP) is 5.16. The lowest BCUT2D eigenvalue weighted by Crippen LogP contribution is -2.49. The molecule has 0 radical (unpaired) electrons. The van der Waals surface area contributed by atoms with Crippen LogP contribution < -0.4 is 20.2 Å². The number of nitrogens with zero attached hydrogens (tertiary/aromatic N) is 2. The van der Waals surface area contributed by atoms with Gasteiger partial charge in [-0.15, -0.1) is 0 Å². The number of fused-ring (bicyclic) bond motifs is 1. The molecular formula is C38H44N3O7-. The molecule has 6 rings (SSSR count). The van der Waals surface area contributed by atoms with E-state index in [-0.39, 0.29) is 47.5 Å². The number of Topliss-reactive ketones (excluding diaryl/α,β-unsaturated/α-hetero) is 1. The van der Waals surface area contributed by atoms with E-state index in [1.165, 1.54) is 13.2 Å². The van der Waals surface area contributed by atoms with Gasteiger partial charge in [0.15, 0.2) is 23.0 Å². The highest BCUT2D eigenvalue weighted by molar-refractivity contribution is 5.84. The number of carbonyl (C=O) groups is 1. The number of pyridine rings is 1. The van der Waals surface area contributed by atoms with Crippen LogP contribution in [0, 0.1) is 11.8 Å². The van der Waals surface area contributed by atoms with E-state index < -0.39 is 17.4 Å². The normalized spacial score (nSPS) is 20.1. The Kier molecular flexibility index (Phi) is 9.82. The number of carbonyl (C=O) groups excluding carboxylic acids is 1. The fraction of sp³-hybridized carbons (Fsp3) is 0.421. The van der Waals surface area contributed by atoms with Crippen molar-refractivity contribution < 1.29 is 34.7 Å². The van der Waals surface area contributed by atoms with Gasteiger partial charge in [0.2, 0.25) is 5.75 Å². The van der Waals surface area contributed by atoms with Crippen LogP contribution in [0.15, 0.2) is 60.9 Å². The molecule has 3 heterocycles. The molecule has 6 N–H and O–H groups in total. The molecule has 1 aliphatic heterocycles. The number of benzene rings is 2. The Balaban J connectivity index is 1.38. The Labute approximate surface area is 280 Å². The number of aromatic hydroxyl groups is 3. The highest BCUT2D eigenvalue weighted by Gasteiger charge is 2.54. The second-order valence-corrected chi connectivity index (χ2v) is 13.2. The van der Waals surface area contributed by atoms with Crippen LogP contribution in [0.5, 0.6) is 28.7 Å². The molecule has 1 saturated carbocycles. The van der Waals surface area contributed by atoms with Crippen molar-refractivity contribution in [3.05, 3.63) is 88.9 Å². The molecule has 0 spiro atoms. The number of nitrogens with two attached hydrogens (primary N) is 1. The third-order valence-electron chi connectivity index (χ3n) is 10.4. The highest BCUT2D eigenvalue weighted by Crippen LogP contribution is 2.54. The third kappa shape index (κ3) is 6.54. The van der Waals surface area contributed by atoms with Crippen molar-refractivity contribution in [3.63, 3.8) is 0 Å². The molecule has 0 amide bonds. The van der Waals surface area contributed by atoms with Gasteiger partial charge in [-0.25, -0.2) is 4.98 Å². The minimum Gasteiger partial charge on any atom is -0.668 e. The summed E-state index contributed by atoms with van der Waals surface area (Å²) in [7, 11) is 1.40. The summed E-state index contributed by atoms with van der Waals surface area (Å²) in [5, 5.41) is 43.2. The smallest absolute Gasteiger partial charge is 0.200 e. The molecule has 2 aromatic heterocycles. The Bertz CT molecular complexity index is 1740. The molecule has 10 heteroatoms. The summed E-state index contributed by atoms with van der Waals surface area (Å²) in [5.74, 6) is -0.447. The molecule has 4 unspecified atom stereocenters.